The van der Waals surface area contributed by atoms with Gasteiger partial charge in [-0.15, -0.1) is 0 Å². The Labute approximate surface area is 170 Å². The highest BCUT2D eigenvalue weighted by molar-refractivity contribution is 5.62. The molecule has 29 heavy (non-hydrogen) atoms. The van der Waals surface area contributed by atoms with Gasteiger partial charge in [0.25, 0.3) is 0 Å². The van der Waals surface area contributed by atoms with Gasteiger partial charge < -0.3 is 28.8 Å². The predicted octanol–water partition coefficient (Wildman–Crippen LogP) is 3.09. The van der Waals surface area contributed by atoms with Gasteiger partial charge in [-0.3, -0.25) is 4.90 Å². The van der Waals surface area contributed by atoms with E-state index in [0.717, 1.165) is 29.8 Å². The lowest BCUT2D eigenvalue weighted by molar-refractivity contribution is 0.105. The number of benzene rings is 2. The third kappa shape index (κ3) is 3.45. The standard InChI is InChI=1S/C22H27NO6/c1-23-8-7-13-9-19-21(29-12-28-19)22(27-4)20(13)16(23)11-17(24)15-6-5-14(25-2)10-18(15)26-3/h5-6,9-10,16-17,24H,7-8,11-12H2,1-4H3/t16-,17-/m0/s1. The van der Waals surface area contributed by atoms with Crippen molar-refractivity contribution >= 4 is 0 Å². The molecule has 2 atom stereocenters. The highest BCUT2D eigenvalue weighted by atomic mass is 16.7. The number of aliphatic hydroxyl groups excluding tert-OH is 1. The summed E-state index contributed by atoms with van der Waals surface area (Å²) in [4.78, 5) is 2.24. The van der Waals surface area contributed by atoms with E-state index in [1.165, 1.54) is 5.56 Å². The predicted molar refractivity (Wildman–Crippen MR) is 107 cm³/mol. The Morgan fingerprint density at radius 3 is 2.69 bits per heavy atom. The summed E-state index contributed by atoms with van der Waals surface area (Å²) in [7, 11) is 6.91. The molecule has 0 aromatic heterocycles. The zero-order valence-electron chi connectivity index (χ0n) is 17.2. The lowest BCUT2D eigenvalue weighted by atomic mass is 9.87. The number of nitrogens with zero attached hydrogens (tertiary/aromatic N) is 1. The molecule has 0 radical (unpaired) electrons. The van der Waals surface area contributed by atoms with Crippen molar-refractivity contribution in [1.29, 1.82) is 0 Å². The van der Waals surface area contributed by atoms with E-state index in [0.29, 0.717) is 29.4 Å². The number of fused-ring (bicyclic) bond motifs is 2. The van der Waals surface area contributed by atoms with E-state index < -0.39 is 6.10 Å². The highest BCUT2D eigenvalue weighted by Gasteiger charge is 2.35. The van der Waals surface area contributed by atoms with Crippen LogP contribution in [0.3, 0.4) is 0 Å². The largest absolute Gasteiger partial charge is 0.497 e. The molecule has 0 bridgehead atoms. The Bertz CT molecular complexity index is 899. The number of likely N-dealkylation sites (N-methyl/N-ethyl adjacent to an activating group) is 1. The molecule has 0 saturated heterocycles. The van der Waals surface area contributed by atoms with Gasteiger partial charge >= 0.3 is 0 Å². The minimum absolute atomic E-state index is 0.0370. The third-order valence-electron chi connectivity index (χ3n) is 5.79. The van der Waals surface area contributed by atoms with Crippen LogP contribution >= 0.6 is 0 Å². The average Bonchev–Trinajstić information content (AvgIpc) is 3.21. The van der Waals surface area contributed by atoms with Crippen LogP contribution in [0.4, 0.5) is 0 Å². The van der Waals surface area contributed by atoms with E-state index in [1.54, 1.807) is 27.4 Å². The fraction of sp³-hybridized carbons (Fsp3) is 0.455. The zero-order valence-corrected chi connectivity index (χ0v) is 17.2. The Morgan fingerprint density at radius 1 is 1.14 bits per heavy atom. The van der Waals surface area contributed by atoms with Crippen LogP contribution in [0.2, 0.25) is 0 Å². The Morgan fingerprint density at radius 2 is 1.97 bits per heavy atom. The normalized spacial score (nSPS) is 18.9. The molecule has 156 valence electrons. The molecule has 0 unspecified atom stereocenters. The molecule has 4 rings (SSSR count). The SMILES string of the molecule is COc1ccc([C@@H](O)C[C@H]2c3c(cc4c(c3OC)OCO4)CCN2C)c(OC)c1. The van der Waals surface area contributed by atoms with E-state index in [1.807, 2.05) is 18.2 Å². The molecule has 0 saturated carbocycles. The van der Waals surface area contributed by atoms with Gasteiger partial charge in [0.05, 0.1) is 27.4 Å². The molecule has 2 heterocycles. The van der Waals surface area contributed by atoms with Crippen LogP contribution in [0.5, 0.6) is 28.7 Å². The first kappa shape index (κ1) is 19.7. The van der Waals surface area contributed by atoms with Gasteiger partial charge in [0.1, 0.15) is 11.5 Å². The van der Waals surface area contributed by atoms with Crippen molar-refractivity contribution in [3.63, 3.8) is 0 Å². The first-order valence-corrected chi connectivity index (χ1v) is 9.67. The van der Waals surface area contributed by atoms with Crippen LogP contribution in [0.15, 0.2) is 24.3 Å². The van der Waals surface area contributed by atoms with Gasteiger partial charge in [-0.2, -0.15) is 0 Å². The molecule has 0 fully saturated rings. The van der Waals surface area contributed by atoms with Crippen molar-refractivity contribution in [2.24, 2.45) is 0 Å². The van der Waals surface area contributed by atoms with Gasteiger partial charge in [-0.25, -0.2) is 0 Å². The Balaban J connectivity index is 1.70. The van der Waals surface area contributed by atoms with Crippen LogP contribution in [-0.2, 0) is 6.42 Å². The summed E-state index contributed by atoms with van der Waals surface area (Å²) in [5, 5.41) is 11.1. The number of hydrogen-bond donors (Lipinski definition) is 1. The monoisotopic (exact) mass is 401 g/mol. The molecule has 7 nitrogen and oxygen atoms in total. The van der Waals surface area contributed by atoms with Crippen LogP contribution < -0.4 is 23.7 Å². The third-order valence-corrected chi connectivity index (χ3v) is 5.79. The second-order valence-corrected chi connectivity index (χ2v) is 7.32. The summed E-state index contributed by atoms with van der Waals surface area (Å²) >= 11 is 0. The molecule has 1 N–H and O–H groups in total. The smallest absolute Gasteiger partial charge is 0.231 e. The summed E-state index contributed by atoms with van der Waals surface area (Å²) in [5.74, 6) is 3.35. The van der Waals surface area contributed by atoms with Gasteiger partial charge in [0.2, 0.25) is 12.5 Å². The number of hydrogen-bond acceptors (Lipinski definition) is 7. The zero-order chi connectivity index (χ0) is 20.5. The van der Waals surface area contributed by atoms with E-state index in [2.05, 4.69) is 11.9 Å². The van der Waals surface area contributed by atoms with Crippen LogP contribution in [0.25, 0.3) is 0 Å². The molecule has 2 aromatic rings. The summed E-state index contributed by atoms with van der Waals surface area (Å²) in [6.45, 7) is 1.08. The Kier molecular flexibility index (Phi) is 5.43. The second kappa shape index (κ2) is 8.00. The lowest BCUT2D eigenvalue weighted by Crippen LogP contribution is -2.33. The topological polar surface area (TPSA) is 69.6 Å². The minimum atomic E-state index is -0.718. The molecule has 2 aliphatic heterocycles. The first-order chi connectivity index (χ1) is 14.1. The quantitative estimate of drug-likeness (QED) is 0.798. The van der Waals surface area contributed by atoms with Crippen LogP contribution in [-0.4, -0.2) is 51.7 Å². The minimum Gasteiger partial charge on any atom is -0.497 e. The number of ether oxygens (including phenoxy) is 5. The van der Waals surface area contributed by atoms with Gasteiger partial charge in [0, 0.05) is 29.8 Å². The van der Waals surface area contributed by atoms with E-state index >= 15 is 0 Å². The molecule has 0 aliphatic carbocycles. The number of aliphatic hydroxyl groups is 1. The molecule has 2 aliphatic rings. The van der Waals surface area contributed by atoms with Crippen molar-refractivity contribution in [2.45, 2.75) is 25.0 Å². The second-order valence-electron chi connectivity index (χ2n) is 7.32. The van der Waals surface area contributed by atoms with Crippen molar-refractivity contribution in [2.75, 3.05) is 41.7 Å². The average molecular weight is 401 g/mol. The summed E-state index contributed by atoms with van der Waals surface area (Å²) in [5.41, 5.74) is 2.95. The van der Waals surface area contributed by atoms with E-state index in [4.69, 9.17) is 23.7 Å². The maximum Gasteiger partial charge on any atom is 0.231 e. The van der Waals surface area contributed by atoms with Crippen molar-refractivity contribution in [3.8, 4) is 28.7 Å². The van der Waals surface area contributed by atoms with Crippen LogP contribution in [0, 0.1) is 0 Å². The molecule has 7 heteroatoms. The van der Waals surface area contributed by atoms with Gasteiger partial charge in [0.15, 0.2) is 11.5 Å². The molecular weight excluding hydrogens is 374 g/mol. The van der Waals surface area contributed by atoms with E-state index in [-0.39, 0.29) is 12.8 Å². The fourth-order valence-corrected chi connectivity index (χ4v) is 4.26. The highest BCUT2D eigenvalue weighted by Crippen LogP contribution is 2.51. The molecule has 0 amide bonds. The van der Waals surface area contributed by atoms with Crippen LogP contribution in [0.1, 0.15) is 35.3 Å². The molecule has 2 aromatic carbocycles. The molecular formula is C22H27NO6. The van der Waals surface area contributed by atoms with E-state index in [9.17, 15) is 5.11 Å². The Hall–Kier alpha value is -2.64. The number of rotatable bonds is 6. The lowest BCUT2D eigenvalue weighted by Gasteiger charge is -2.37. The van der Waals surface area contributed by atoms with Gasteiger partial charge in [-0.05, 0) is 43.7 Å². The number of methoxy groups -OCH3 is 3. The van der Waals surface area contributed by atoms with Crippen molar-refractivity contribution in [1.82, 2.24) is 4.90 Å². The summed E-state index contributed by atoms with van der Waals surface area (Å²) < 4.78 is 27.7. The summed E-state index contributed by atoms with van der Waals surface area (Å²) in [6.07, 6.45) is 0.656. The van der Waals surface area contributed by atoms with Gasteiger partial charge in [-0.1, -0.05) is 0 Å². The maximum absolute atomic E-state index is 11.1. The van der Waals surface area contributed by atoms with Crippen molar-refractivity contribution in [3.05, 3.63) is 41.0 Å². The fourth-order valence-electron chi connectivity index (χ4n) is 4.26. The first-order valence-electron chi connectivity index (χ1n) is 9.67. The maximum atomic E-state index is 11.1. The summed E-state index contributed by atoms with van der Waals surface area (Å²) in [6, 6.07) is 7.47. The molecule has 0 spiro atoms. The van der Waals surface area contributed by atoms with Crippen molar-refractivity contribution < 1.29 is 28.8 Å².